The normalized spacial score (nSPS) is 37.1. The van der Waals surface area contributed by atoms with Gasteiger partial charge >= 0.3 is 0 Å². The van der Waals surface area contributed by atoms with Crippen LogP contribution in [-0.2, 0) is 0 Å². The Morgan fingerprint density at radius 1 is 1.07 bits per heavy atom. The number of rotatable bonds is 3. The summed E-state index contributed by atoms with van der Waals surface area (Å²) in [7, 11) is 0. The summed E-state index contributed by atoms with van der Waals surface area (Å²) in [6.45, 7) is 0.347. The summed E-state index contributed by atoms with van der Waals surface area (Å²) in [5.74, 6) is 0. The van der Waals surface area contributed by atoms with Crippen molar-refractivity contribution >= 4 is 0 Å². The van der Waals surface area contributed by atoms with E-state index in [2.05, 4.69) is 5.32 Å². The van der Waals surface area contributed by atoms with Gasteiger partial charge in [0.1, 0.15) is 0 Å². The number of aliphatic hydroxyl groups excluding tert-OH is 1. The zero-order chi connectivity index (χ0) is 9.65. The molecule has 0 aromatic rings. The zero-order valence-electron chi connectivity index (χ0n) is 8.89. The predicted molar refractivity (Wildman–Crippen MR) is 56.1 cm³/mol. The lowest BCUT2D eigenvalue weighted by Gasteiger charge is -2.60. The van der Waals surface area contributed by atoms with Crippen LogP contribution in [0.1, 0.15) is 51.4 Å². The van der Waals surface area contributed by atoms with Crippen LogP contribution in [0, 0.1) is 5.41 Å². The van der Waals surface area contributed by atoms with Gasteiger partial charge in [0.25, 0.3) is 0 Å². The fraction of sp³-hybridized carbons (Fsp3) is 1.00. The Morgan fingerprint density at radius 2 is 1.79 bits per heavy atom. The average Bonchev–Trinajstić information content (AvgIpc) is 1.98. The van der Waals surface area contributed by atoms with Gasteiger partial charge in [-0.1, -0.05) is 6.42 Å². The van der Waals surface area contributed by atoms with Gasteiger partial charge in [-0.15, -0.1) is 0 Å². The molecule has 1 atom stereocenters. The molecule has 0 amide bonds. The molecule has 0 bridgehead atoms. The van der Waals surface area contributed by atoms with E-state index in [9.17, 15) is 5.11 Å². The second kappa shape index (κ2) is 2.96. The van der Waals surface area contributed by atoms with E-state index in [1.165, 1.54) is 51.4 Å². The Hall–Kier alpha value is -0.0800. The molecule has 3 rings (SSSR count). The van der Waals surface area contributed by atoms with Crippen LogP contribution in [0.2, 0.25) is 0 Å². The van der Waals surface area contributed by atoms with Crippen LogP contribution in [0.25, 0.3) is 0 Å². The highest BCUT2D eigenvalue weighted by Gasteiger charge is 2.53. The summed E-state index contributed by atoms with van der Waals surface area (Å²) < 4.78 is 0. The summed E-state index contributed by atoms with van der Waals surface area (Å²) in [4.78, 5) is 0. The van der Waals surface area contributed by atoms with Crippen molar-refractivity contribution in [1.82, 2.24) is 5.32 Å². The average molecular weight is 195 g/mol. The Bertz CT molecular complexity index is 219. The molecule has 2 heteroatoms. The van der Waals surface area contributed by atoms with E-state index in [4.69, 9.17) is 0 Å². The van der Waals surface area contributed by atoms with Crippen molar-refractivity contribution < 1.29 is 5.11 Å². The van der Waals surface area contributed by atoms with Crippen molar-refractivity contribution in [2.24, 2.45) is 5.41 Å². The molecule has 0 saturated heterocycles. The zero-order valence-corrected chi connectivity index (χ0v) is 8.89. The third-order valence-corrected chi connectivity index (χ3v) is 5.11. The first-order valence-corrected chi connectivity index (χ1v) is 6.17. The Balaban J connectivity index is 1.61. The molecule has 3 fully saturated rings. The van der Waals surface area contributed by atoms with Crippen LogP contribution in [0.5, 0.6) is 0 Å². The molecule has 1 unspecified atom stereocenters. The highest BCUT2D eigenvalue weighted by Crippen LogP contribution is 2.56. The van der Waals surface area contributed by atoms with Gasteiger partial charge in [0.05, 0.1) is 6.61 Å². The summed E-state index contributed by atoms with van der Waals surface area (Å²) >= 11 is 0. The summed E-state index contributed by atoms with van der Waals surface area (Å²) in [5, 5.41) is 13.2. The van der Waals surface area contributed by atoms with Crippen LogP contribution < -0.4 is 5.32 Å². The molecule has 3 saturated carbocycles. The lowest BCUT2D eigenvalue weighted by atomic mass is 9.52. The van der Waals surface area contributed by atoms with Crippen molar-refractivity contribution in [2.45, 2.75) is 62.9 Å². The monoisotopic (exact) mass is 195 g/mol. The van der Waals surface area contributed by atoms with E-state index >= 15 is 0 Å². The molecular formula is C12H21NO. The molecular weight excluding hydrogens is 174 g/mol. The number of aliphatic hydroxyl groups is 1. The van der Waals surface area contributed by atoms with Crippen molar-refractivity contribution in [3.63, 3.8) is 0 Å². The molecule has 0 aromatic heterocycles. The molecule has 0 heterocycles. The van der Waals surface area contributed by atoms with Gasteiger partial charge in [-0.05, 0) is 50.4 Å². The third-order valence-electron chi connectivity index (χ3n) is 5.11. The minimum Gasteiger partial charge on any atom is -0.394 e. The van der Waals surface area contributed by atoms with Gasteiger partial charge in [0.2, 0.25) is 0 Å². The maximum atomic E-state index is 9.40. The van der Waals surface area contributed by atoms with Gasteiger partial charge in [-0.3, -0.25) is 0 Å². The van der Waals surface area contributed by atoms with Crippen LogP contribution >= 0.6 is 0 Å². The second-order valence-electron chi connectivity index (χ2n) is 5.74. The molecule has 80 valence electrons. The number of hydrogen-bond acceptors (Lipinski definition) is 2. The smallest absolute Gasteiger partial charge is 0.0613 e. The van der Waals surface area contributed by atoms with Gasteiger partial charge in [-0.25, -0.2) is 0 Å². The first-order chi connectivity index (χ1) is 6.79. The van der Waals surface area contributed by atoms with Gasteiger partial charge in [-0.2, -0.15) is 0 Å². The van der Waals surface area contributed by atoms with Gasteiger partial charge in [0, 0.05) is 11.6 Å². The van der Waals surface area contributed by atoms with E-state index in [1.54, 1.807) is 0 Å². The topological polar surface area (TPSA) is 32.3 Å². The molecule has 3 aliphatic carbocycles. The van der Waals surface area contributed by atoms with Crippen molar-refractivity contribution in [3.05, 3.63) is 0 Å². The highest BCUT2D eigenvalue weighted by molar-refractivity contribution is 5.09. The Morgan fingerprint density at radius 3 is 2.07 bits per heavy atom. The lowest BCUT2D eigenvalue weighted by molar-refractivity contribution is -0.0536. The first-order valence-electron chi connectivity index (χ1n) is 6.17. The van der Waals surface area contributed by atoms with Crippen molar-refractivity contribution in [1.29, 1.82) is 0 Å². The molecule has 2 nitrogen and oxygen atoms in total. The quantitative estimate of drug-likeness (QED) is 0.720. The van der Waals surface area contributed by atoms with Gasteiger partial charge in [0.15, 0.2) is 0 Å². The van der Waals surface area contributed by atoms with Gasteiger partial charge < -0.3 is 10.4 Å². The molecule has 0 aliphatic heterocycles. The summed E-state index contributed by atoms with van der Waals surface area (Å²) in [6, 6.07) is 0.740. The number of nitrogens with one attached hydrogen (secondary N) is 1. The van der Waals surface area contributed by atoms with Crippen LogP contribution in [0.4, 0.5) is 0 Å². The standard InChI is InChI=1S/C12H21NO/c14-9-12(6-2-7-12)13-10-3-8-11(10)4-1-5-11/h10,13-14H,1-9H2. The van der Waals surface area contributed by atoms with Crippen molar-refractivity contribution in [2.75, 3.05) is 6.61 Å². The molecule has 3 aliphatic rings. The minimum atomic E-state index is 0.133. The molecule has 0 aromatic carbocycles. The highest BCUT2D eigenvalue weighted by atomic mass is 16.3. The van der Waals surface area contributed by atoms with Crippen LogP contribution in [0.3, 0.4) is 0 Å². The van der Waals surface area contributed by atoms with Crippen LogP contribution in [-0.4, -0.2) is 23.3 Å². The Kier molecular flexibility index (Phi) is 1.94. The molecule has 2 N–H and O–H groups in total. The fourth-order valence-electron chi connectivity index (χ4n) is 3.47. The van der Waals surface area contributed by atoms with E-state index in [0.717, 1.165) is 6.04 Å². The minimum absolute atomic E-state index is 0.133. The first kappa shape index (κ1) is 9.17. The predicted octanol–water partition coefficient (Wildman–Crippen LogP) is 1.82. The molecule has 1 spiro atoms. The van der Waals surface area contributed by atoms with E-state index in [0.29, 0.717) is 12.0 Å². The van der Waals surface area contributed by atoms with Crippen LogP contribution in [0.15, 0.2) is 0 Å². The maximum absolute atomic E-state index is 9.40. The van der Waals surface area contributed by atoms with E-state index < -0.39 is 0 Å². The fourth-order valence-corrected chi connectivity index (χ4v) is 3.47. The largest absolute Gasteiger partial charge is 0.394 e. The van der Waals surface area contributed by atoms with E-state index in [-0.39, 0.29) is 5.54 Å². The summed E-state index contributed by atoms with van der Waals surface area (Å²) in [6.07, 6.45) is 10.8. The Labute approximate surface area is 86.1 Å². The van der Waals surface area contributed by atoms with Crippen molar-refractivity contribution in [3.8, 4) is 0 Å². The molecule has 14 heavy (non-hydrogen) atoms. The lowest BCUT2D eigenvalue weighted by Crippen LogP contribution is -2.66. The SMILES string of the molecule is OCC1(NC2CCC23CCC3)CCC1. The third kappa shape index (κ3) is 1.10. The molecule has 0 radical (unpaired) electrons. The second-order valence-corrected chi connectivity index (χ2v) is 5.74. The van der Waals surface area contributed by atoms with E-state index in [1.807, 2.05) is 0 Å². The maximum Gasteiger partial charge on any atom is 0.0613 e. The summed E-state index contributed by atoms with van der Waals surface area (Å²) in [5.41, 5.74) is 0.811. The number of hydrogen-bond donors (Lipinski definition) is 2.